The van der Waals surface area contributed by atoms with Crippen LogP contribution in [0.15, 0.2) is 65.1 Å². The third-order valence-corrected chi connectivity index (χ3v) is 4.67. The monoisotopic (exact) mass is 410 g/mol. The van der Waals surface area contributed by atoms with Gasteiger partial charge in [0, 0.05) is 10.9 Å². The number of hydrogen-bond donors (Lipinski definition) is 1. The Kier molecular flexibility index (Phi) is 5.10. The maximum absolute atomic E-state index is 13.8. The normalized spacial score (nSPS) is 10.9. The zero-order chi connectivity index (χ0) is 21.3. The summed E-state index contributed by atoms with van der Waals surface area (Å²) in [4.78, 5) is 11.9. The van der Waals surface area contributed by atoms with E-state index in [9.17, 15) is 18.7 Å². The van der Waals surface area contributed by atoms with E-state index in [1.54, 1.807) is 36.4 Å². The molecular formula is C23H16F2O5. The number of carboxylic acid groups (broad SMARTS) is 1. The molecule has 0 atom stereocenters. The molecule has 0 saturated heterocycles. The first-order valence-electron chi connectivity index (χ1n) is 8.98. The van der Waals surface area contributed by atoms with Crippen molar-refractivity contribution in [1.82, 2.24) is 0 Å². The van der Waals surface area contributed by atoms with E-state index in [1.165, 1.54) is 19.2 Å². The van der Waals surface area contributed by atoms with E-state index in [4.69, 9.17) is 13.9 Å². The van der Waals surface area contributed by atoms with Gasteiger partial charge in [0.05, 0.1) is 12.7 Å². The molecule has 30 heavy (non-hydrogen) atoms. The van der Waals surface area contributed by atoms with Crippen molar-refractivity contribution >= 4 is 16.9 Å². The van der Waals surface area contributed by atoms with Crippen molar-refractivity contribution in [2.45, 2.75) is 6.61 Å². The molecule has 152 valence electrons. The van der Waals surface area contributed by atoms with Crippen LogP contribution in [-0.4, -0.2) is 18.2 Å². The third-order valence-electron chi connectivity index (χ3n) is 4.67. The zero-order valence-corrected chi connectivity index (χ0v) is 15.8. The van der Waals surface area contributed by atoms with Crippen LogP contribution in [0.5, 0.6) is 11.5 Å². The molecule has 0 aliphatic rings. The van der Waals surface area contributed by atoms with Gasteiger partial charge in [0.25, 0.3) is 0 Å². The highest BCUT2D eigenvalue weighted by molar-refractivity contribution is 6.08. The fourth-order valence-corrected chi connectivity index (χ4v) is 3.15. The smallest absolute Gasteiger partial charge is 0.340 e. The summed E-state index contributed by atoms with van der Waals surface area (Å²) in [6, 6.07) is 14.9. The molecule has 7 heteroatoms. The van der Waals surface area contributed by atoms with Gasteiger partial charge in [-0.1, -0.05) is 6.07 Å². The Morgan fingerprint density at radius 2 is 1.67 bits per heavy atom. The Morgan fingerprint density at radius 3 is 2.30 bits per heavy atom. The molecule has 0 aliphatic heterocycles. The van der Waals surface area contributed by atoms with E-state index in [0.29, 0.717) is 22.3 Å². The number of rotatable bonds is 6. The van der Waals surface area contributed by atoms with Gasteiger partial charge in [0.2, 0.25) is 0 Å². The van der Waals surface area contributed by atoms with Crippen molar-refractivity contribution in [3.05, 3.63) is 83.4 Å². The molecule has 0 spiro atoms. The average molecular weight is 410 g/mol. The maximum Gasteiger partial charge on any atom is 0.340 e. The Bertz CT molecular complexity index is 1210. The van der Waals surface area contributed by atoms with Crippen LogP contribution in [0.25, 0.3) is 22.3 Å². The summed E-state index contributed by atoms with van der Waals surface area (Å²) in [7, 11) is 1.54. The maximum atomic E-state index is 13.8. The molecule has 0 bridgehead atoms. The van der Waals surface area contributed by atoms with Crippen LogP contribution >= 0.6 is 0 Å². The van der Waals surface area contributed by atoms with Gasteiger partial charge in [-0.05, 0) is 54.6 Å². The number of furan rings is 1. The van der Waals surface area contributed by atoms with Crippen LogP contribution in [0.1, 0.15) is 15.9 Å². The first-order valence-corrected chi connectivity index (χ1v) is 8.98. The molecule has 0 unspecified atom stereocenters. The van der Waals surface area contributed by atoms with Crippen molar-refractivity contribution < 1.29 is 32.6 Å². The lowest BCUT2D eigenvalue weighted by Crippen LogP contribution is -2.02. The number of aromatic carboxylic acids is 1. The minimum Gasteiger partial charge on any atom is -0.497 e. The molecule has 1 heterocycles. The number of methoxy groups -OCH3 is 1. The second kappa shape index (κ2) is 7.87. The molecule has 4 rings (SSSR count). The average Bonchev–Trinajstić information content (AvgIpc) is 3.12. The largest absolute Gasteiger partial charge is 0.497 e. The molecule has 0 fully saturated rings. The summed E-state index contributed by atoms with van der Waals surface area (Å²) < 4.78 is 44.0. The summed E-state index contributed by atoms with van der Waals surface area (Å²) >= 11 is 0. The Balaban J connectivity index is 1.71. The van der Waals surface area contributed by atoms with Gasteiger partial charge in [0.15, 0.2) is 0 Å². The fourth-order valence-electron chi connectivity index (χ4n) is 3.15. The van der Waals surface area contributed by atoms with Crippen LogP contribution in [-0.2, 0) is 6.61 Å². The number of fused-ring (bicyclic) bond motifs is 1. The molecule has 0 amide bonds. The molecule has 4 aromatic rings. The van der Waals surface area contributed by atoms with Gasteiger partial charge in [-0.25, -0.2) is 13.6 Å². The van der Waals surface area contributed by atoms with Crippen molar-refractivity contribution in [1.29, 1.82) is 0 Å². The van der Waals surface area contributed by atoms with E-state index >= 15 is 0 Å². The van der Waals surface area contributed by atoms with Crippen LogP contribution in [0.3, 0.4) is 0 Å². The predicted octanol–water partition coefficient (Wildman–Crippen LogP) is 5.66. The van der Waals surface area contributed by atoms with E-state index in [2.05, 4.69) is 0 Å². The summed E-state index contributed by atoms with van der Waals surface area (Å²) in [5.41, 5.74) is 0.683. The van der Waals surface area contributed by atoms with Gasteiger partial charge in [-0.3, -0.25) is 0 Å². The van der Waals surface area contributed by atoms with Crippen molar-refractivity contribution in [3.63, 3.8) is 0 Å². The Hall–Kier alpha value is -3.87. The topological polar surface area (TPSA) is 68.9 Å². The van der Waals surface area contributed by atoms with Crippen LogP contribution in [0.4, 0.5) is 8.78 Å². The second-order valence-electron chi connectivity index (χ2n) is 6.49. The first-order chi connectivity index (χ1) is 14.5. The number of benzene rings is 3. The van der Waals surface area contributed by atoms with Crippen molar-refractivity contribution in [2.24, 2.45) is 0 Å². The summed E-state index contributed by atoms with van der Waals surface area (Å²) in [6.45, 7) is -0.338. The van der Waals surface area contributed by atoms with Crippen LogP contribution < -0.4 is 9.47 Å². The molecule has 0 saturated carbocycles. The molecule has 1 N–H and O–H groups in total. The first kappa shape index (κ1) is 19.4. The standard InChI is InChI=1S/C23H16F2O5/c1-28-14-7-5-13(6-8-14)22-21(23(26)27)16-11-15(9-10-20(16)30-22)29-12-17-18(24)3-2-4-19(17)25/h2-11H,12H2,1H3,(H,26,27). The van der Waals surface area contributed by atoms with E-state index in [1.807, 2.05) is 0 Å². The SMILES string of the molecule is COc1ccc(-c2oc3ccc(OCc4c(F)cccc4F)cc3c2C(=O)O)cc1. The molecule has 0 radical (unpaired) electrons. The number of carboxylic acids is 1. The zero-order valence-electron chi connectivity index (χ0n) is 15.8. The summed E-state index contributed by atoms with van der Waals surface area (Å²) in [5, 5.41) is 10.1. The van der Waals surface area contributed by atoms with E-state index in [-0.39, 0.29) is 29.2 Å². The van der Waals surface area contributed by atoms with Gasteiger partial charge in [-0.2, -0.15) is 0 Å². The van der Waals surface area contributed by atoms with E-state index < -0.39 is 17.6 Å². The molecule has 5 nitrogen and oxygen atoms in total. The summed E-state index contributed by atoms with van der Waals surface area (Å²) in [6.07, 6.45) is 0. The molecule has 3 aromatic carbocycles. The number of carbonyl (C=O) groups is 1. The Morgan fingerprint density at radius 1 is 1.00 bits per heavy atom. The predicted molar refractivity (Wildman–Crippen MR) is 106 cm³/mol. The highest BCUT2D eigenvalue weighted by Crippen LogP contribution is 2.36. The second-order valence-corrected chi connectivity index (χ2v) is 6.49. The highest BCUT2D eigenvalue weighted by Gasteiger charge is 2.22. The minimum absolute atomic E-state index is 0.0299. The van der Waals surface area contributed by atoms with E-state index in [0.717, 1.165) is 12.1 Å². The van der Waals surface area contributed by atoms with Gasteiger partial charge < -0.3 is 19.0 Å². The quantitative estimate of drug-likeness (QED) is 0.444. The van der Waals surface area contributed by atoms with Crippen LogP contribution in [0.2, 0.25) is 0 Å². The highest BCUT2D eigenvalue weighted by atomic mass is 19.1. The Labute approximate surface area is 170 Å². The van der Waals surface area contributed by atoms with Gasteiger partial charge in [-0.15, -0.1) is 0 Å². The number of hydrogen-bond acceptors (Lipinski definition) is 4. The van der Waals surface area contributed by atoms with Crippen LogP contribution in [0, 0.1) is 11.6 Å². The lowest BCUT2D eigenvalue weighted by Gasteiger charge is -2.08. The minimum atomic E-state index is -1.17. The van der Waals surface area contributed by atoms with Crippen molar-refractivity contribution in [2.75, 3.05) is 7.11 Å². The van der Waals surface area contributed by atoms with Gasteiger partial charge >= 0.3 is 5.97 Å². The number of halogens is 2. The molecule has 1 aromatic heterocycles. The van der Waals surface area contributed by atoms with Crippen molar-refractivity contribution in [3.8, 4) is 22.8 Å². The lowest BCUT2D eigenvalue weighted by atomic mass is 10.1. The molecular weight excluding hydrogens is 394 g/mol. The van der Waals surface area contributed by atoms with Gasteiger partial charge in [0.1, 0.15) is 46.6 Å². The fraction of sp³-hybridized carbons (Fsp3) is 0.0870. The molecule has 0 aliphatic carbocycles. The lowest BCUT2D eigenvalue weighted by molar-refractivity contribution is 0.0699. The summed E-state index contributed by atoms with van der Waals surface area (Å²) in [5.74, 6) is -1.52. The number of ether oxygens (including phenoxy) is 2. The third kappa shape index (κ3) is 3.57.